The monoisotopic (exact) mass is 242 g/mol. The molecule has 2 nitrogen and oxygen atoms in total. The first-order valence-electron chi connectivity index (χ1n) is 5.59. The lowest BCUT2D eigenvalue weighted by Crippen LogP contribution is -2.23. The van der Waals surface area contributed by atoms with Crippen LogP contribution >= 0.6 is 0 Å². The van der Waals surface area contributed by atoms with Gasteiger partial charge in [-0.15, -0.1) is 0 Å². The maximum atomic E-state index is 13.3. The molecule has 0 saturated heterocycles. The summed E-state index contributed by atoms with van der Waals surface area (Å²) in [5.74, 6) is -1.28. The van der Waals surface area contributed by atoms with E-state index in [4.69, 9.17) is 4.74 Å². The van der Waals surface area contributed by atoms with E-state index in [-0.39, 0.29) is 18.1 Å². The molecule has 0 unspecified atom stereocenters. The number of benzene rings is 1. The molecule has 94 valence electrons. The number of carbonyl (C=O) groups excluding carboxylic acids is 1. The van der Waals surface area contributed by atoms with Crippen molar-refractivity contribution in [2.45, 2.75) is 33.0 Å². The van der Waals surface area contributed by atoms with Crippen molar-refractivity contribution in [3.05, 3.63) is 35.4 Å². The van der Waals surface area contributed by atoms with E-state index < -0.39 is 17.7 Å². The Kier molecular flexibility index (Phi) is 5.22. The van der Waals surface area contributed by atoms with Gasteiger partial charge in [-0.05, 0) is 18.1 Å². The van der Waals surface area contributed by atoms with Crippen molar-refractivity contribution in [1.82, 2.24) is 0 Å². The molecule has 0 aliphatic rings. The standard InChI is InChI=1S/C13H16F2O2/c1-3-9(2)13(7-16)17-8-10-11(14)5-4-6-12(10)15/h4-7,9,13H,3,8H2,1-2H3/t9-,13+/m0/s1. The molecule has 0 aliphatic heterocycles. The fourth-order valence-corrected chi connectivity index (χ4v) is 1.42. The number of halogens is 2. The van der Waals surface area contributed by atoms with Gasteiger partial charge in [-0.25, -0.2) is 8.78 Å². The summed E-state index contributed by atoms with van der Waals surface area (Å²) in [4.78, 5) is 10.8. The van der Waals surface area contributed by atoms with Crippen molar-refractivity contribution in [1.29, 1.82) is 0 Å². The van der Waals surface area contributed by atoms with Gasteiger partial charge in [0.15, 0.2) is 0 Å². The number of carbonyl (C=O) groups is 1. The third-order valence-electron chi connectivity index (χ3n) is 2.82. The number of aldehydes is 1. The zero-order valence-electron chi connectivity index (χ0n) is 9.95. The predicted octanol–water partition coefficient (Wildman–Crippen LogP) is 3.10. The van der Waals surface area contributed by atoms with E-state index in [2.05, 4.69) is 0 Å². The summed E-state index contributed by atoms with van der Waals surface area (Å²) in [5, 5.41) is 0. The minimum absolute atomic E-state index is 0.0299. The number of hydrogen-bond donors (Lipinski definition) is 0. The Balaban J connectivity index is 2.69. The van der Waals surface area contributed by atoms with Crippen molar-refractivity contribution in [2.24, 2.45) is 5.92 Å². The van der Waals surface area contributed by atoms with Crippen molar-refractivity contribution in [3.63, 3.8) is 0 Å². The predicted molar refractivity (Wildman–Crippen MR) is 60.5 cm³/mol. The van der Waals surface area contributed by atoms with Crippen LogP contribution in [0.2, 0.25) is 0 Å². The van der Waals surface area contributed by atoms with Gasteiger partial charge in [-0.1, -0.05) is 26.3 Å². The summed E-state index contributed by atoms with van der Waals surface area (Å²) in [6, 6.07) is 3.63. The van der Waals surface area contributed by atoms with Crippen molar-refractivity contribution < 1.29 is 18.3 Å². The van der Waals surface area contributed by atoms with Crippen LogP contribution in [-0.2, 0) is 16.1 Å². The molecular formula is C13H16F2O2. The average Bonchev–Trinajstić information content (AvgIpc) is 2.32. The molecule has 0 N–H and O–H groups in total. The van der Waals surface area contributed by atoms with E-state index >= 15 is 0 Å². The van der Waals surface area contributed by atoms with E-state index in [1.165, 1.54) is 18.2 Å². The summed E-state index contributed by atoms with van der Waals surface area (Å²) in [5.41, 5.74) is -0.136. The maximum Gasteiger partial charge on any atom is 0.149 e. The highest BCUT2D eigenvalue weighted by molar-refractivity contribution is 5.56. The van der Waals surface area contributed by atoms with E-state index in [1.54, 1.807) is 0 Å². The number of ether oxygens (including phenoxy) is 1. The molecule has 17 heavy (non-hydrogen) atoms. The first-order chi connectivity index (χ1) is 8.10. The van der Waals surface area contributed by atoms with Crippen molar-refractivity contribution in [3.8, 4) is 0 Å². The van der Waals surface area contributed by atoms with Gasteiger partial charge in [0.05, 0.1) is 6.61 Å². The van der Waals surface area contributed by atoms with Gasteiger partial charge in [0.25, 0.3) is 0 Å². The summed E-state index contributed by atoms with van der Waals surface area (Å²) in [7, 11) is 0. The zero-order chi connectivity index (χ0) is 12.8. The Hall–Kier alpha value is -1.29. The van der Waals surface area contributed by atoms with Gasteiger partial charge < -0.3 is 9.53 Å². The van der Waals surface area contributed by atoms with E-state index in [9.17, 15) is 13.6 Å². The van der Waals surface area contributed by atoms with E-state index in [1.807, 2.05) is 13.8 Å². The first kappa shape index (κ1) is 13.8. The minimum atomic E-state index is -0.654. The molecule has 0 aliphatic carbocycles. The fourth-order valence-electron chi connectivity index (χ4n) is 1.42. The zero-order valence-corrected chi connectivity index (χ0v) is 9.95. The van der Waals surface area contributed by atoms with Crippen LogP contribution in [0.4, 0.5) is 8.78 Å². The molecule has 0 spiro atoms. The Bertz CT molecular complexity index is 359. The Labute approximate surface area is 99.6 Å². The van der Waals surface area contributed by atoms with Crippen molar-refractivity contribution in [2.75, 3.05) is 0 Å². The normalized spacial score (nSPS) is 14.4. The van der Waals surface area contributed by atoms with Crippen LogP contribution in [0.5, 0.6) is 0 Å². The molecule has 0 bridgehead atoms. The smallest absolute Gasteiger partial charge is 0.149 e. The quantitative estimate of drug-likeness (QED) is 0.716. The van der Waals surface area contributed by atoms with Gasteiger partial charge >= 0.3 is 0 Å². The lowest BCUT2D eigenvalue weighted by molar-refractivity contribution is -0.122. The van der Waals surface area contributed by atoms with Crippen LogP contribution in [0.1, 0.15) is 25.8 Å². The molecule has 0 amide bonds. The second-order valence-corrected chi connectivity index (χ2v) is 4.00. The minimum Gasteiger partial charge on any atom is -0.366 e. The van der Waals surface area contributed by atoms with Gasteiger partial charge in [-0.2, -0.15) is 0 Å². The second kappa shape index (κ2) is 6.45. The highest BCUT2D eigenvalue weighted by atomic mass is 19.1. The van der Waals surface area contributed by atoms with E-state index in [0.29, 0.717) is 6.29 Å². The molecular weight excluding hydrogens is 226 g/mol. The Morgan fingerprint density at radius 3 is 2.41 bits per heavy atom. The van der Waals surface area contributed by atoms with Crippen LogP contribution in [0.15, 0.2) is 18.2 Å². The first-order valence-corrected chi connectivity index (χ1v) is 5.59. The molecule has 1 aromatic rings. The van der Waals surface area contributed by atoms with Crippen LogP contribution in [0, 0.1) is 17.6 Å². The molecule has 1 rings (SSSR count). The Morgan fingerprint density at radius 2 is 1.94 bits per heavy atom. The van der Waals surface area contributed by atoms with Crippen LogP contribution in [-0.4, -0.2) is 12.4 Å². The molecule has 2 atom stereocenters. The molecule has 0 aromatic heterocycles. The molecule has 1 aromatic carbocycles. The summed E-state index contributed by atoms with van der Waals surface area (Å²) < 4.78 is 31.8. The van der Waals surface area contributed by atoms with Gasteiger partial charge in [0.2, 0.25) is 0 Å². The van der Waals surface area contributed by atoms with Crippen LogP contribution in [0.3, 0.4) is 0 Å². The third-order valence-corrected chi connectivity index (χ3v) is 2.82. The number of hydrogen-bond acceptors (Lipinski definition) is 2. The van der Waals surface area contributed by atoms with Gasteiger partial charge in [-0.3, -0.25) is 0 Å². The van der Waals surface area contributed by atoms with Crippen LogP contribution in [0.25, 0.3) is 0 Å². The molecule has 0 radical (unpaired) electrons. The number of rotatable bonds is 6. The molecule has 0 heterocycles. The van der Waals surface area contributed by atoms with E-state index in [0.717, 1.165) is 6.42 Å². The molecule has 0 fully saturated rings. The lowest BCUT2D eigenvalue weighted by atomic mass is 10.0. The Morgan fingerprint density at radius 1 is 1.35 bits per heavy atom. The average molecular weight is 242 g/mol. The van der Waals surface area contributed by atoms with Crippen molar-refractivity contribution >= 4 is 6.29 Å². The highest BCUT2D eigenvalue weighted by Gasteiger charge is 2.17. The molecule has 4 heteroatoms. The summed E-state index contributed by atoms with van der Waals surface area (Å²) in [6.07, 6.45) is 0.815. The van der Waals surface area contributed by atoms with Gasteiger partial charge in [0, 0.05) is 5.56 Å². The molecule has 0 saturated carbocycles. The highest BCUT2D eigenvalue weighted by Crippen LogP contribution is 2.16. The largest absolute Gasteiger partial charge is 0.366 e. The lowest BCUT2D eigenvalue weighted by Gasteiger charge is -2.18. The topological polar surface area (TPSA) is 26.3 Å². The SMILES string of the molecule is CC[C@H](C)[C@@H](C=O)OCc1c(F)cccc1F. The van der Waals surface area contributed by atoms with Gasteiger partial charge in [0.1, 0.15) is 24.0 Å². The second-order valence-electron chi connectivity index (χ2n) is 4.00. The van der Waals surface area contributed by atoms with Crippen LogP contribution < -0.4 is 0 Å². The summed E-state index contributed by atoms with van der Waals surface area (Å²) in [6.45, 7) is 3.55. The maximum absolute atomic E-state index is 13.3. The fraction of sp³-hybridized carbons (Fsp3) is 0.462. The third kappa shape index (κ3) is 3.60. The summed E-state index contributed by atoms with van der Waals surface area (Å²) >= 11 is 0.